The Morgan fingerprint density at radius 2 is 1.68 bits per heavy atom. The van der Waals surface area contributed by atoms with Crippen molar-refractivity contribution in [2.24, 2.45) is 17.4 Å². The van der Waals surface area contributed by atoms with E-state index in [1.165, 1.54) is 10.1 Å². The average molecular weight is 533 g/mol. The van der Waals surface area contributed by atoms with Crippen molar-refractivity contribution in [3.8, 4) is 5.69 Å². The van der Waals surface area contributed by atoms with Crippen LogP contribution >= 0.6 is 12.4 Å². The molecule has 12 heteroatoms. The number of amides is 3. The standard InChI is InChI=1S/C25H36N8O3.ClH/c1-25(2,27)22(34)31-11-13-32(14-12-31)23(35)28-21-8-10-33(24(36)29-21)20-5-3-18(4-6-20)15-30-16-19(17-30)7-9-26;/h3-6,8,10,19H,7,9,11-17,26-27H2,1-2H3,(H,28,29,35,36);1H. The van der Waals surface area contributed by atoms with E-state index in [1.807, 2.05) is 24.3 Å². The van der Waals surface area contributed by atoms with Crippen molar-refractivity contribution in [3.05, 3.63) is 52.6 Å². The number of nitrogens with zero attached hydrogens (tertiary/aromatic N) is 5. The van der Waals surface area contributed by atoms with Gasteiger partial charge in [0.2, 0.25) is 5.91 Å². The van der Waals surface area contributed by atoms with Gasteiger partial charge in [0.1, 0.15) is 5.82 Å². The number of carbonyl (C=O) groups is 2. The summed E-state index contributed by atoms with van der Waals surface area (Å²) in [5.41, 5.74) is 12.0. The van der Waals surface area contributed by atoms with Crippen LogP contribution in [0.4, 0.5) is 10.6 Å². The largest absolute Gasteiger partial charge is 0.354 e. The van der Waals surface area contributed by atoms with Crippen molar-refractivity contribution in [1.82, 2.24) is 24.3 Å². The molecule has 0 unspecified atom stereocenters. The lowest BCUT2D eigenvalue weighted by atomic mass is 9.96. The van der Waals surface area contributed by atoms with E-state index in [9.17, 15) is 14.4 Å². The number of carbonyl (C=O) groups excluding carboxylic acids is 2. The molecule has 3 amide bonds. The lowest BCUT2D eigenvalue weighted by molar-refractivity contribution is -0.137. The first kappa shape index (κ1) is 28.6. The second-order valence-corrected chi connectivity index (χ2v) is 10.2. The van der Waals surface area contributed by atoms with Crippen molar-refractivity contribution >= 4 is 30.2 Å². The normalized spacial score (nSPS) is 16.6. The van der Waals surface area contributed by atoms with Crippen LogP contribution in [0, 0.1) is 5.92 Å². The molecule has 2 saturated heterocycles. The van der Waals surface area contributed by atoms with Crippen LogP contribution in [0.15, 0.2) is 41.3 Å². The molecule has 0 radical (unpaired) electrons. The van der Waals surface area contributed by atoms with Crippen LogP contribution in [0.5, 0.6) is 0 Å². The van der Waals surface area contributed by atoms with Gasteiger partial charge in [0.05, 0.1) is 11.2 Å². The second kappa shape index (κ2) is 12.0. The Bertz CT molecular complexity index is 1130. The molecule has 2 aromatic rings. The molecule has 3 heterocycles. The Kier molecular flexibility index (Phi) is 9.30. The number of hydrogen-bond acceptors (Lipinski definition) is 7. The van der Waals surface area contributed by atoms with E-state index in [2.05, 4.69) is 15.2 Å². The molecule has 1 aromatic carbocycles. The maximum atomic E-state index is 12.6. The lowest BCUT2D eigenvalue weighted by Crippen LogP contribution is -2.58. The highest BCUT2D eigenvalue weighted by atomic mass is 35.5. The number of aromatic nitrogens is 2. The van der Waals surface area contributed by atoms with Crippen LogP contribution in [-0.4, -0.2) is 87.5 Å². The number of hydrogen-bond donors (Lipinski definition) is 3. The van der Waals surface area contributed by atoms with E-state index >= 15 is 0 Å². The summed E-state index contributed by atoms with van der Waals surface area (Å²) in [6.07, 6.45) is 2.68. The fourth-order valence-corrected chi connectivity index (χ4v) is 4.62. The Labute approximate surface area is 223 Å². The van der Waals surface area contributed by atoms with Crippen LogP contribution in [0.1, 0.15) is 25.8 Å². The summed E-state index contributed by atoms with van der Waals surface area (Å²) in [5, 5.41) is 2.68. The minimum absolute atomic E-state index is 0. The highest BCUT2D eigenvalue weighted by Gasteiger charge is 2.31. The predicted octanol–water partition coefficient (Wildman–Crippen LogP) is 0.848. The van der Waals surface area contributed by atoms with Crippen LogP contribution in [0.25, 0.3) is 5.69 Å². The first-order chi connectivity index (χ1) is 17.1. The van der Waals surface area contributed by atoms with E-state index in [1.54, 1.807) is 35.9 Å². The summed E-state index contributed by atoms with van der Waals surface area (Å²) in [4.78, 5) is 47.3. The van der Waals surface area contributed by atoms with Crippen LogP contribution in [0.3, 0.4) is 0 Å². The molecule has 0 saturated carbocycles. The molecule has 2 aliphatic rings. The quantitative estimate of drug-likeness (QED) is 0.479. The topological polar surface area (TPSA) is 143 Å². The van der Waals surface area contributed by atoms with Gasteiger partial charge in [0.25, 0.3) is 0 Å². The number of likely N-dealkylation sites (tertiary alicyclic amines) is 1. The monoisotopic (exact) mass is 532 g/mol. The molecular weight excluding hydrogens is 496 g/mol. The van der Waals surface area contributed by atoms with E-state index in [-0.39, 0.29) is 30.2 Å². The third-order valence-electron chi connectivity index (χ3n) is 6.67. The van der Waals surface area contributed by atoms with Crippen molar-refractivity contribution in [2.75, 3.05) is 51.1 Å². The number of nitrogens with one attached hydrogen (secondary N) is 1. The summed E-state index contributed by atoms with van der Waals surface area (Å²) >= 11 is 0. The molecule has 37 heavy (non-hydrogen) atoms. The first-order valence-corrected chi connectivity index (χ1v) is 12.4. The third kappa shape index (κ3) is 7.07. The lowest BCUT2D eigenvalue weighted by Gasteiger charge is -2.39. The van der Waals surface area contributed by atoms with Crippen molar-refractivity contribution in [2.45, 2.75) is 32.4 Å². The van der Waals surface area contributed by atoms with Crippen LogP contribution in [0.2, 0.25) is 0 Å². The van der Waals surface area contributed by atoms with Crippen LogP contribution in [-0.2, 0) is 11.3 Å². The Balaban J connectivity index is 0.00000380. The fourth-order valence-electron chi connectivity index (χ4n) is 4.62. The number of benzene rings is 1. The highest BCUT2D eigenvalue weighted by molar-refractivity contribution is 5.89. The molecule has 0 bridgehead atoms. The van der Waals surface area contributed by atoms with E-state index in [4.69, 9.17) is 11.5 Å². The van der Waals surface area contributed by atoms with Gasteiger partial charge < -0.3 is 21.3 Å². The second-order valence-electron chi connectivity index (χ2n) is 10.2. The Morgan fingerprint density at radius 1 is 1.05 bits per heavy atom. The smallest absolute Gasteiger partial charge is 0.338 e. The minimum Gasteiger partial charge on any atom is -0.338 e. The molecule has 4 rings (SSSR count). The Morgan fingerprint density at radius 3 is 2.24 bits per heavy atom. The SMILES string of the molecule is CC(C)(N)C(=O)N1CCN(C(=O)Nc2ccn(-c3ccc(CN4CC(CCN)C4)cc3)c(=O)n2)CC1.Cl. The van der Waals surface area contributed by atoms with Crippen LogP contribution < -0.4 is 22.5 Å². The van der Waals surface area contributed by atoms with E-state index in [0.29, 0.717) is 37.8 Å². The molecule has 0 atom stereocenters. The minimum atomic E-state index is -0.943. The summed E-state index contributed by atoms with van der Waals surface area (Å²) in [6, 6.07) is 9.08. The summed E-state index contributed by atoms with van der Waals surface area (Å²) in [6.45, 7) is 8.69. The van der Waals surface area contributed by atoms with Gasteiger partial charge in [-0.2, -0.15) is 4.98 Å². The van der Waals surface area contributed by atoms with E-state index < -0.39 is 11.2 Å². The van der Waals surface area contributed by atoms with Gasteiger partial charge in [0, 0.05) is 52.0 Å². The number of urea groups is 1. The number of piperazine rings is 1. The maximum Gasteiger partial charge on any atom is 0.354 e. The molecule has 11 nitrogen and oxygen atoms in total. The number of rotatable bonds is 7. The first-order valence-electron chi connectivity index (χ1n) is 12.4. The van der Waals surface area contributed by atoms with Gasteiger partial charge >= 0.3 is 11.7 Å². The molecule has 202 valence electrons. The third-order valence-corrected chi connectivity index (χ3v) is 6.67. The zero-order valence-electron chi connectivity index (χ0n) is 21.4. The summed E-state index contributed by atoms with van der Waals surface area (Å²) in [7, 11) is 0. The molecule has 0 spiro atoms. The van der Waals surface area contributed by atoms with Crippen molar-refractivity contribution < 1.29 is 9.59 Å². The average Bonchev–Trinajstić information content (AvgIpc) is 2.82. The fraction of sp³-hybridized carbons (Fsp3) is 0.520. The Hall–Kier alpha value is -2.99. The zero-order valence-corrected chi connectivity index (χ0v) is 22.2. The van der Waals surface area contributed by atoms with Gasteiger partial charge in [-0.1, -0.05) is 12.1 Å². The summed E-state index contributed by atoms with van der Waals surface area (Å²) < 4.78 is 1.44. The molecule has 2 aliphatic heterocycles. The van der Waals surface area contributed by atoms with Gasteiger partial charge in [-0.3, -0.25) is 19.6 Å². The molecule has 0 aliphatic carbocycles. The molecule has 5 N–H and O–H groups in total. The molecular formula is C25H37ClN8O3. The van der Waals surface area contributed by atoms with Gasteiger partial charge in [-0.15, -0.1) is 12.4 Å². The maximum absolute atomic E-state index is 12.6. The number of anilines is 1. The number of halogens is 1. The molecule has 2 fully saturated rings. The summed E-state index contributed by atoms with van der Waals surface area (Å²) in [5.74, 6) is 0.747. The van der Waals surface area contributed by atoms with Crippen molar-refractivity contribution in [3.63, 3.8) is 0 Å². The van der Waals surface area contributed by atoms with Gasteiger partial charge in [-0.05, 0) is 56.5 Å². The predicted molar refractivity (Wildman–Crippen MR) is 145 cm³/mol. The van der Waals surface area contributed by atoms with E-state index in [0.717, 1.165) is 32.6 Å². The zero-order chi connectivity index (χ0) is 25.9. The highest BCUT2D eigenvalue weighted by Crippen LogP contribution is 2.21. The van der Waals surface area contributed by atoms with Gasteiger partial charge in [0.15, 0.2) is 0 Å². The van der Waals surface area contributed by atoms with Crippen molar-refractivity contribution in [1.29, 1.82) is 0 Å². The molecule has 1 aromatic heterocycles. The van der Waals surface area contributed by atoms with Gasteiger partial charge in [-0.25, -0.2) is 9.59 Å². The number of nitrogens with two attached hydrogens (primary N) is 2.